The molecule has 0 bridgehead atoms. The first-order valence-corrected chi connectivity index (χ1v) is 17.7. The second-order valence-corrected chi connectivity index (χ2v) is 13.6. The molecule has 10 aromatic rings. The van der Waals surface area contributed by atoms with Crippen molar-refractivity contribution < 1.29 is 4.42 Å². The number of hydrogen-bond donors (Lipinski definition) is 0. The highest BCUT2D eigenvalue weighted by molar-refractivity contribution is 6.13. The Morgan fingerprint density at radius 2 is 1.12 bits per heavy atom. The summed E-state index contributed by atoms with van der Waals surface area (Å²) >= 11 is 0. The lowest BCUT2D eigenvalue weighted by Gasteiger charge is -2.17. The Kier molecular flexibility index (Phi) is 6.08. The van der Waals surface area contributed by atoms with Crippen LogP contribution in [0.25, 0.3) is 88.8 Å². The summed E-state index contributed by atoms with van der Waals surface area (Å²) in [5.41, 5.74) is 15.4. The number of benzene rings is 7. The SMILES string of the molecule is C1=C(c2ccccc2)CCc2c1c1ccccc1n2-c1ccc2oc3c(-n4c5ccccc5c5cc(-c6ccccc6)ccc54)cccc3c2c1. The van der Waals surface area contributed by atoms with Gasteiger partial charge in [0.05, 0.1) is 22.2 Å². The van der Waals surface area contributed by atoms with Crippen LogP contribution in [0, 0.1) is 0 Å². The maximum absolute atomic E-state index is 6.79. The van der Waals surface area contributed by atoms with E-state index in [2.05, 4.69) is 179 Å². The van der Waals surface area contributed by atoms with Crippen molar-refractivity contribution >= 4 is 66.3 Å². The molecule has 0 spiro atoms. The molecule has 51 heavy (non-hydrogen) atoms. The van der Waals surface area contributed by atoms with Gasteiger partial charge in [0.15, 0.2) is 5.58 Å². The van der Waals surface area contributed by atoms with Crippen LogP contribution in [-0.2, 0) is 6.42 Å². The van der Waals surface area contributed by atoms with Crippen LogP contribution >= 0.6 is 0 Å². The van der Waals surface area contributed by atoms with Gasteiger partial charge in [0.1, 0.15) is 5.58 Å². The number of nitrogens with zero attached hydrogens (tertiary/aromatic N) is 2. The largest absolute Gasteiger partial charge is 0.454 e. The number of furan rings is 1. The molecule has 0 aliphatic heterocycles. The van der Waals surface area contributed by atoms with Gasteiger partial charge < -0.3 is 13.6 Å². The Hall–Kier alpha value is -6.58. The van der Waals surface area contributed by atoms with Gasteiger partial charge in [0, 0.05) is 43.9 Å². The van der Waals surface area contributed by atoms with E-state index in [-0.39, 0.29) is 0 Å². The third kappa shape index (κ3) is 4.25. The number of allylic oxidation sites excluding steroid dienone is 1. The molecule has 3 aromatic heterocycles. The normalized spacial score (nSPS) is 13.1. The molecular weight excluding hydrogens is 621 g/mol. The van der Waals surface area contributed by atoms with Gasteiger partial charge in [-0.1, -0.05) is 115 Å². The fraction of sp³-hybridized carbons (Fsp3) is 0.0417. The molecule has 0 saturated carbocycles. The molecule has 3 heteroatoms. The zero-order valence-electron chi connectivity index (χ0n) is 27.9. The van der Waals surface area contributed by atoms with Crippen LogP contribution in [0.3, 0.4) is 0 Å². The molecule has 7 aromatic carbocycles. The molecule has 0 N–H and O–H groups in total. The lowest BCUT2D eigenvalue weighted by Crippen LogP contribution is -2.05. The summed E-state index contributed by atoms with van der Waals surface area (Å²) < 4.78 is 11.6. The quantitative estimate of drug-likeness (QED) is 0.186. The first-order chi connectivity index (χ1) is 25.3. The molecule has 0 atom stereocenters. The van der Waals surface area contributed by atoms with Crippen LogP contribution in [0.2, 0.25) is 0 Å². The monoisotopic (exact) mass is 652 g/mol. The van der Waals surface area contributed by atoms with Gasteiger partial charge in [0.25, 0.3) is 0 Å². The van der Waals surface area contributed by atoms with Gasteiger partial charge >= 0.3 is 0 Å². The molecule has 3 nitrogen and oxygen atoms in total. The number of para-hydroxylation sites is 3. The van der Waals surface area contributed by atoms with Crippen molar-refractivity contribution in [3.8, 4) is 22.5 Å². The minimum Gasteiger partial charge on any atom is -0.454 e. The van der Waals surface area contributed by atoms with E-state index >= 15 is 0 Å². The van der Waals surface area contributed by atoms with E-state index in [0.717, 1.165) is 51.7 Å². The number of fused-ring (bicyclic) bond motifs is 9. The van der Waals surface area contributed by atoms with Crippen LogP contribution in [0.1, 0.15) is 23.2 Å². The number of hydrogen-bond acceptors (Lipinski definition) is 1. The molecule has 3 heterocycles. The minimum absolute atomic E-state index is 0.893. The van der Waals surface area contributed by atoms with Gasteiger partial charge in [-0.3, -0.25) is 0 Å². The molecule has 0 unspecified atom stereocenters. The van der Waals surface area contributed by atoms with E-state index in [4.69, 9.17) is 4.42 Å². The van der Waals surface area contributed by atoms with Gasteiger partial charge in [-0.25, -0.2) is 0 Å². The van der Waals surface area contributed by atoms with Gasteiger partial charge in [-0.2, -0.15) is 0 Å². The molecule has 0 fully saturated rings. The molecule has 240 valence electrons. The highest BCUT2D eigenvalue weighted by atomic mass is 16.3. The maximum atomic E-state index is 6.79. The summed E-state index contributed by atoms with van der Waals surface area (Å²) in [4.78, 5) is 0. The van der Waals surface area contributed by atoms with Crippen molar-refractivity contribution in [1.82, 2.24) is 9.13 Å². The highest BCUT2D eigenvalue weighted by Gasteiger charge is 2.23. The van der Waals surface area contributed by atoms with E-state index in [9.17, 15) is 0 Å². The minimum atomic E-state index is 0.893. The third-order valence-corrected chi connectivity index (χ3v) is 10.8. The van der Waals surface area contributed by atoms with E-state index < -0.39 is 0 Å². The molecule has 1 aliphatic carbocycles. The van der Waals surface area contributed by atoms with Crippen molar-refractivity contribution in [2.45, 2.75) is 12.8 Å². The van der Waals surface area contributed by atoms with Gasteiger partial charge in [0.2, 0.25) is 0 Å². The average Bonchev–Trinajstić information content (AvgIpc) is 3.85. The summed E-state index contributed by atoms with van der Waals surface area (Å²) in [6.45, 7) is 0. The van der Waals surface area contributed by atoms with Crippen molar-refractivity contribution in [3.63, 3.8) is 0 Å². The van der Waals surface area contributed by atoms with E-state index in [1.807, 2.05) is 0 Å². The fourth-order valence-corrected chi connectivity index (χ4v) is 8.53. The number of aromatic nitrogens is 2. The Labute approximate surface area is 294 Å². The highest BCUT2D eigenvalue weighted by Crippen LogP contribution is 2.42. The third-order valence-electron chi connectivity index (χ3n) is 10.8. The predicted molar refractivity (Wildman–Crippen MR) is 213 cm³/mol. The smallest absolute Gasteiger partial charge is 0.159 e. The lowest BCUT2D eigenvalue weighted by molar-refractivity contribution is 0.666. The summed E-state index contributed by atoms with van der Waals surface area (Å²) in [6, 6.07) is 59.0. The zero-order chi connectivity index (χ0) is 33.5. The van der Waals surface area contributed by atoms with Crippen LogP contribution in [0.5, 0.6) is 0 Å². The average molecular weight is 653 g/mol. The van der Waals surface area contributed by atoms with Crippen molar-refractivity contribution in [3.05, 3.63) is 181 Å². The van der Waals surface area contributed by atoms with Crippen molar-refractivity contribution in [2.24, 2.45) is 0 Å². The van der Waals surface area contributed by atoms with Gasteiger partial charge in [-0.05, 0) is 89.7 Å². The summed E-state index contributed by atoms with van der Waals surface area (Å²) in [6.07, 6.45) is 4.41. The second kappa shape index (κ2) is 11.0. The standard InChI is InChI=1S/C48H32N2O/c1-3-12-31(13-4-1)33-22-25-44-39(28-33)36-16-7-9-19-42(36)49(44)35-24-27-47-41(30-35)38-18-11-21-46(48(38)51-47)50-43-20-10-8-17-37(43)40-29-34(23-26-45(40)50)32-14-5-2-6-15-32/h1-21,23-24,26-30H,22,25H2. The van der Waals surface area contributed by atoms with Crippen LogP contribution in [0.15, 0.2) is 168 Å². The Morgan fingerprint density at radius 3 is 1.94 bits per heavy atom. The van der Waals surface area contributed by atoms with E-state index in [1.165, 1.54) is 60.7 Å². The predicted octanol–water partition coefficient (Wildman–Crippen LogP) is 12.8. The lowest BCUT2D eigenvalue weighted by atomic mass is 9.91. The first kappa shape index (κ1) is 28.3. The molecule has 0 amide bonds. The van der Waals surface area contributed by atoms with E-state index in [0.29, 0.717) is 0 Å². The summed E-state index contributed by atoms with van der Waals surface area (Å²) in [5, 5.41) is 6.00. The van der Waals surface area contributed by atoms with E-state index in [1.54, 1.807) is 0 Å². The summed E-state index contributed by atoms with van der Waals surface area (Å²) in [7, 11) is 0. The van der Waals surface area contributed by atoms with Gasteiger partial charge in [-0.15, -0.1) is 0 Å². The Morgan fingerprint density at radius 1 is 0.431 bits per heavy atom. The van der Waals surface area contributed by atoms with Crippen LogP contribution < -0.4 is 0 Å². The molecule has 1 aliphatic rings. The number of rotatable bonds is 4. The Bertz CT molecular complexity index is 3010. The molecular formula is C48H32N2O. The maximum Gasteiger partial charge on any atom is 0.159 e. The van der Waals surface area contributed by atoms with Crippen LogP contribution in [0.4, 0.5) is 0 Å². The molecule has 0 saturated heterocycles. The zero-order valence-corrected chi connectivity index (χ0v) is 27.9. The summed E-state index contributed by atoms with van der Waals surface area (Å²) in [5.74, 6) is 0. The molecule has 11 rings (SSSR count). The topological polar surface area (TPSA) is 23.0 Å². The van der Waals surface area contributed by atoms with Crippen molar-refractivity contribution in [1.29, 1.82) is 0 Å². The van der Waals surface area contributed by atoms with Crippen LogP contribution in [-0.4, -0.2) is 9.13 Å². The first-order valence-electron chi connectivity index (χ1n) is 17.7. The Balaban J connectivity index is 1.10. The fourth-order valence-electron chi connectivity index (χ4n) is 8.53. The molecule has 0 radical (unpaired) electrons. The second-order valence-electron chi connectivity index (χ2n) is 13.6. The van der Waals surface area contributed by atoms with Crippen molar-refractivity contribution in [2.75, 3.05) is 0 Å².